The minimum Gasteiger partial charge on any atom is -0.453 e. The zero-order chi connectivity index (χ0) is 43.1. The normalized spacial score (nSPS) is 13.8. The number of rotatable bonds is 3. The van der Waals surface area contributed by atoms with Crippen LogP contribution < -0.4 is 14.4 Å². The molecule has 0 N–H and O–H groups in total. The zero-order valence-corrected chi connectivity index (χ0v) is 35.3. The van der Waals surface area contributed by atoms with Crippen LogP contribution in [0.4, 0.5) is 17.1 Å². The van der Waals surface area contributed by atoms with Gasteiger partial charge in [0.15, 0.2) is 23.0 Å². The molecule has 66 heavy (non-hydrogen) atoms. The molecule has 0 fully saturated rings. The third-order valence-electron chi connectivity index (χ3n) is 14.1. The van der Waals surface area contributed by atoms with Gasteiger partial charge in [-0.3, -0.25) is 9.97 Å². The predicted molar refractivity (Wildman–Crippen MR) is 263 cm³/mol. The maximum Gasteiger partial charge on any atom is 0.156 e. The van der Waals surface area contributed by atoms with Crippen molar-refractivity contribution in [3.05, 3.63) is 235 Å². The minimum absolute atomic E-state index is 0.785. The van der Waals surface area contributed by atoms with Gasteiger partial charge in [0, 0.05) is 50.8 Å². The first kappa shape index (κ1) is 35.5. The monoisotopic (exact) mass is 845 g/mol. The van der Waals surface area contributed by atoms with E-state index in [4.69, 9.17) is 19.4 Å². The molecule has 15 rings (SSSR count). The van der Waals surface area contributed by atoms with E-state index in [1.807, 2.05) is 36.7 Å². The van der Waals surface area contributed by atoms with Crippen LogP contribution in [0, 0.1) is 0 Å². The molecule has 4 aromatic heterocycles. The second-order valence-corrected chi connectivity index (χ2v) is 17.3. The molecule has 6 heterocycles. The zero-order valence-electron chi connectivity index (χ0n) is 35.3. The van der Waals surface area contributed by atoms with Crippen molar-refractivity contribution >= 4 is 60.7 Å². The molecule has 308 valence electrons. The lowest BCUT2D eigenvalue weighted by molar-refractivity contribution is 0.433. The van der Waals surface area contributed by atoms with E-state index in [2.05, 4.69) is 190 Å². The molecule has 7 heteroatoms. The Bertz CT molecular complexity index is 3910. The minimum atomic E-state index is -0.802. The standard InChI is InChI=1S/C59H35N5O2/c1-4-22-45-37(15-1)38-16-2-5-23-46(38)63(45)51-27-11-18-43-57(51)66-58-44(59(43)41-20-13-33-60-55(41)56-42(59)21-14-34-61-56)19-12-28-52(58)64-47-24-6-3-17-39(47)40-35-36(31-32-48(40)64)62-49-25-7-9-29-53(49)65-54-30-10-8-26-50(54)62/h1-35H. The highest BCUT2D eigenvalue weighted by Gasteiger charge is 2.53. The van der Waals surface area contributed by atoms with Gasteiger partial charge in [-0.25, -0.2) is 0 Å². The first-order chi connectivity index (χ1) is 32.8. The van der Waals surface area contributed by atoms with Crippen LogP contribution in [0.15, 0.2) is 213 Å². The lowest BCUT2D eigenvalue weighted by Crippen LogP contribution is -2.33. The van der Waals surface area contributed by atoms with Crippen LogP contribution in [-0.2, 0) is 5.41 Å². The molecule has 0 saturated heterocycles. The van der Waals surface area contributed by atoms with Crippen LogP contribution in [0.3, 0.4) is 0 Å². The van der Waals surface area contributed by atoms with Gasteiger partial charge in [-0.15, -0.1) is 0 Å². The summed E-state index contributed by atoms with van der Waals surface area (Å²) in [6, 6.07) is 71.1. The average Bonchev–Trinajstić information content (AvgIpc) is 4.00. The number of ether oxygens (including phenoxy) is 2. The summed E-state index contributed by atoms with van der Waals surface area (Å²) in [7, 11) is 0. The largest absolute Gasteiger partial charge is 0.453 e. The van der Waals surface area contributed by atoms with Crippen LogP contribution in [0.1, 0.15) is 22.3 Å². The number of para-hydroxylation sites is 9. The molecule has 1 aliphatic carbocycles. The van der Waals surface area contributed by atoms with Gasteiger partial charge in [-0.05, 0) is 96.1 Å². The van der Waals surface area contributed by atoms with Crippen LogP contribution in [0.2, 0.25) is 0 Å². The Morgan fingerprint density at radius 3 is 1.33 bits per heavy atom. The van der Waals surface area contributed by atoms with E-state index in [0.29, 0.717) is 0 Å². The van der Waals surface area contributed by atoms with Crippen molar-refractivity contribution < 1.29 is 9.47 Å². The number of fused-ring (bicyclic) bond motifs is 17. The molecule has 3 aliphatic rings. The topological polar surface area (TPSA) is 57.3 Å². The molecule has 0 bridgehead atoms. The Morgan fingerprint density at radius 1 is 0.348 bits per heavy atom. The highest BCUT2D eigenvalue weighted by molar-refractivity contribution is 6.12. The lowest BCUT2D eigenvalue weighted by atomic mass is 9.66. The van der Waals surface area contributed by atoms with Gasteiger partial charge in [0.05, 0.1) is 61.6 Å². The Labute approximate surface area is 378 Å². The fourth-order valence-electron chi connectivity index (χ4n) is 11.5. The molecule has 1 spiro atoms. The Morgan fingerprint density at radius 2 is 0.788 bits per heavy atom. The van der Waals surface area contributed by atoms with Gasteiger partial charge in [-0.1, -0.05) is 115 Å². The summed E-state index contributed by atoms with van der Waals surface area (Å²) >= 11 is 0. The maximum absolute atomic E-state index is 7.69. The average molecular weight is 846 g/mol. The van der Waals surface area contributed by atoms with Crippen molar-refractivity contribution in [3.8, 4) is 45.8 Å². The predicted octanol–water partition coefficient (Wildman–Crippen LogP) is 14.7. The molecule has 0 amide bonds. The molecular formula is C59H35N5O2. The smallest absolute Gasteiger partial charge is 0.156 e. The van der Waals surface area contributed by atoms with Crippen molar-refractivity contribution in [3.63, 3.8) is 0 Å². The van der Waals surface area contributed by atoms with Crippen LogP contribution in [0.5, 0.6) is 23.0 Å². The molecule has 0 saturated carbocycles. The number of pyridine rings is 2. The van der Waals surface area contributed by atoms with Gasteiger partial charge < -0.3 is 23.5 Å². The van der Waals surface area contributed by atoms with Crippen molar-refractivity contribution in [1.29, 1.82) is 0 Å². The Balaban J connectivity index is 1.03. The van der Waals surface area contributed by atoms with Crippen molar-refractivity contribution in [2.75, 3.05) is 4.90 Å². The van der Waals surface area contributed by atoms with Gasteiger partial charge in [0.1, 0.15) is 0 Å². The van der Waals surface area contributed by atoms with E-state index in [-0.39, 0.29) is 0 Å². The summed E-state index contributed by atoms with van der Waals surface area (Å²) in [6.45, 7) is 0. The summed E-state index contributed by atoms with van der Waals surface area (Å²) in [5.41, 5.74) is 14.5. The number of hydrogen-bond donors (Lipinski definition) is 0. The molecular weight excluding hydrogens is 811 g/mol. The second-order valence-electron chi connectivity index (χ2n) is 17.3. The third-order valence-corrected chi connectivity index (χ3v) is 14.1. The van der Waals surface area contributed by atoms with Crippen molar-refractivity contribution in [1.82, 2.24) is 19.1 Å². The highest BCUT2D eigenvalue weighted by atomic mass is 16.5. The van der Waals surface area contributed by atoms with Crippen molar-refractivity contribution in [2.45, 2.75) is 5.41 Å². The van der Waals surface area contributed by atoms with Crippen LogP contribution in [0.25, 0.3) is 66.4 Å². The lowest BCUT2D eigenvalue weighted by Gasteiger charge is -2.40. The van der Waals surface area contributed by atoms with Gasteiger partial charge in [-0.2, -0.15) is 0 Å². The first-order valence-corrected chi connectivity index (χ1v) is 22.3. The highest BCUT2D eigenvalue weighted by Crippen LogP contribution is 2.63. The summed E-state index contributed by atoms with van der Waals surface area (Å²) in [6.07, 6.45) is 3.76. The first-order valence-electron chi connectivity index (χ1n) is 22.3. The number of benzene rings is 8. The fourth-order valence-corrected chi connectivity index (χ4v) is 11.5. The van der Waals surface area contributed by atoms with Crippen LogP contribution in [-0.4, -0.2) is 19.1 Å². The number of nitrogens with zero attached hydrogens (tertiary/aromatic N) is 5. The fraction of sp³-hybridized carbons (Fsp3) is 0.0169. The maximum atomic E-state index is 7.69. The number of aromatic nitrogens is 4. The molecule has 12 aromatic rings. The number of anilines is 3. The van der Waals surface area contributed by atoms with Gasteiger partial charge >= 0.3 is 0 Å². The molecule has 0 atom stereocenters. The number of hydrogen-bond acceptors (Lipinski definition) is 5. The second kappa shape index (κ2) is 13.1. The third kappa shape index (κ3) is 4.50. The van der Waals surface area contributed by atoms with Gasteiger partial charge in [0.2, 0.25) is 0 Å². The van der Waals surface area contributed by atoms with Crippen LogP contribution >= 0.6 is 0 Å². The summed E-state index contributed by atoms with van der Waals surface area (Å²) in [4.78, 5) is 12.4. The van der Waals surface area contributed by atoms with E-state index >= 15 is 0 Å². The quantitative estimate of drug-likeness (QED) is 0.177. The van der Waals surface area contributed by atoms with E-state index in [1.54, 1.807) is 0 Å². The molecule has 7 nitrogen and oxygen atoms in total. The molecule has 0 unspecified atom stereocenters. The summed E-state index contributed by atoms with van der Waals surface area (Å²) in [5, 5.41) is 4.65. The summed E-state index contributed by atoms with van der Waals surface area (Å²) in [5.74, 6) is 3.22. The van der Waals surface area contributed by atoms with E-state index in [9.17, 15) is 0 Å². The summed E-state index contributed by atoms with van der Waals surface area (Å²) < 4.78 is 18.9. The van der Waals surface area contributed by atoms with E-state index in [0.717, 1.165) is 118 Å². The SMILES string of the molecule is c1ccc2c(c1)Oc1ccccc1N2c1ccc2c(c1)c1ccccc1n2-c1cccc2c1Oc1c(-n3c4ccccc4c4ccccc43)cccc1C21c2cccnc2-c2ncccc21. The van der Waals surface area contributed by atoms with E-state index < -0.39 is 5.41 Å². The Hall–Kier alpha value is -8.94. The molecule has 0 radical (unpaired) electrons. The van der Waals surface area contributed by atoms with E-state index in [1.165, 1.54) is 10.8 Å². The Kier molecular flexibility index (Phi) is 7.03. The van der Waals surface area contributed by atoms with Gasteiger partial charge in [0.25, 0.3) is 0 Å². The molecule has 2 aliphatic heterocycles. The van der Waals surface area contributed by atoms with Crippen molar-refractivity contribution in [2.24, 2.45) is 0 Å². The molecule has 8 aromatic carbocycles.